The van der Waals surface area contributed by atoms with Crippen molar-refractivity contribution in [2.45, 2.75) is 37.8 Å². The number of alkyl carbamates (subject to hydrolysis) is 1. The van der Waals surface area contributed by atoms with Crippen LogP contribution < -0.4 is 5.32 Å². The third-order valence-corrected chi connectivity index (χ3v) is 6.88. The normalized spacial score (nSPS) is 28.0. The van der Waals surface area contributed by atoms with Gasteiger partial charge in [0.15, 0.2) is 0 Å². The second-order valence-electron chi connectivity index (χ2n) is 8.21. The molecule has 2 bridgehead atoms. The molecule has 6 rings (SSSR count). The van der Waals surface area contributed by atoms with Gasteiger partial charge in [-0.25, -0.2) is 4.79 Å². The number of carbonyl (C=O) groups is 1. The number of hydrogen-bond donors (Lipinski definition) is 1. The molecule has 1 unspecified atom stereocenters. The van der Waals surface area contributed by atoms with Crippen molar-refractivity contribution >= 4 is 17.7 Å². The largest absolute Gasteiger partial charge is 0.445 e. The van der Waals surface area contributed by atoms with Gasteiger partial charge in [0.2, 0.25) is 0 Å². The fraction of sp³-hybridized carbons (Fsp3) is 0.435. The Morgan fingerprint density at radius 1 is 1.11 bits per heavy atom. The molecule has 0 aromatic heterocycles. The molecule has 5 heteroatoms. The van der Waals surface area contributed by atoms with Gasteiger partial charge in [0, 0.05) is 17.1 Å². The van der Waals surface area contributed by atoms with E-state index in [4.69, 9.17) is 16.3 Å². The molecule has 3 fully saturated rings. The van der Waals surface area contributed by atoms with Crippen LogP contribution in [0.2, 0.25) is 5.02 Å². The Morgan fingerprint density at radius 3 is 2.68 bits per heavy atom. The van der Waals surface area contributed by atoms with Crippen molar-refractivity contribution in [2.24, 2.45) is 5.92 Å². The first kappa shape index (κ1) is 18.0. The standard InChI is InChI=1S/C23H25ClN2O2/c24-20-4-2-1-3-18(20)16-5-7-19-17(13-16)6-8-21(19)25-23(27)28-22-14-26-11-9-15(22)10-12-26/h1-5,7,13,15,21-22H,6,8-12,14H2,(H,25,27)/t21?,22-/m0/s1. The lowest BCUT2D eigenvalue weighted by molar-refractivity contribution is -0.0339. The molecule has 1 amide bonds. The number of benzene rings is 2. The third kappa shape index (κ3) is 3.40. The van der Waals surface area contributed by atoms with Gasteiger partial charge < -0.3 is 10.1 Å². The average molecular weight is 397 g/mol. The van der Waals surface area contributed by atoms with Gasteiger partial charge in [0.05, 0.1) is 6.04 Å². The first-order valence-electron chi connectivity index (χ1n) is 10.2. The second-order valence-corrected chi connectivity index (χ2v) is 8.62. The van der Waals surface area contributed by atoms with E-state index in [9.17, 15) is 4.79 Å². The molecule has 0 saturated carbocycles. The van der Waals surface area contributed by atoms with E-state index in [0.29, 0.717) is 5.92 Å². The van der Waals surface area contributed by atoms with E-state index in [0.717, 1.165) is 61.5 Å². The topological polar surface area (TPSA) is 41.6 Å². The van der Waals surface area contributed by atoms with Crippen molar-refractivity contribution in [1.82, 2.24) is 10.2 Å². The number of nitrogens with one attached hydrogen (secondary N) is 1. The monoisotopic (exact) mass is 396 g/mol. The van der Waals surface area contributed by atoms with Gasteiger partial charge in [-0.2, -0.15) is 0 Å². The molecule has 3 aliphatic heterocycles. The zero-order valence-corrected chi connectivity index (χ0v) is 16.6. The molecule has 3 saturated heterocycles. The van der Waals surface area contributed by atoms with Gasteiger partial charge in [-0.05, 0) is 67.4 Å². The summed E-state index contributed by atoms with van der Waals surface area (Å²) in [7, 11) is 0. The number of ether oxygens (including phenoxy) is 1. The Hall–Kier alpha value is -2.04. The van der Waals surface area contributed by atoms with Crippen molar-refractivity contribution < 1.29 is 9.53 Å². The van der Waals surface area contributed by atoms with E-state index in [-0.39, 0.29) is 18.2 Å². The van der Waals surface area contributed by atoms with Crippen LogP contribution in [0.1, 0.15) is 36.4 Å². The first-order chi connectivity index (χ1) is 13.7. The Morgan fingerprint density at radius 2 is 1.93 bits per heavy atom. The predicted octanol–water partition coefficient (Wildman–Crippen LogP) is 4.81. The maximum absolute atomic E-state index is 12.5. The molecule has 146 valence electrons. The van der Waals surface area contributed by atoms with E-state index in [1.54, 1.807) is 0 Å². The summed E-state index contributed by atoms with van der Waals surface area (Å²) in [4.78, 5) is 14.9. The van der Waals surface area contributed by atoms with Crippen LogP contribution in [0.15, 0.2) is 42.5 Å². The summed E-state index contributed by atoms with van der Waals surface area (Å²) in [6, 6.07) is 14.4. The SMILES string of the molecule is O=C(NC1CCc2cc(-c3ccccc3Cl)ccc21)O[C@H]1CN2CCC1CC2. The van der Waals surface area contributed by atoms with Gasteiger partial charge in [-0.15, -0.1) is 0 Å². The molecular weight excluding hydrogens is 372 g/mol. The smallest absolute Gasteiger partial charge is 0.407 e. The number of halogens is 1. The van der Waals surface area contributed by atoms with Gasteiger partial charge in [-0.3, -0.25) is 4.90 Å². The van der Waals surface area contributed by atoms with Crippen molar-refractivity contribution in [3.05, 3.63) is 58.6 Å². The third-order valence-electron chi connectivity index (χ3n) is 6.55. The van der Waals surface area contributed by atoms with Crippen molar-refractivity contribution in [3.63, 3.8) is 0 Å². The Kier molecular flexibility index (Phi) is 4.77. The van der Waals surface area contributed by atoms with E-state index in [1.165, 1.54) is 11.1 Å². The molecule has 28 heavy (non-hydrogen) atoms. The molecule has 3 heterocycles. The maximum atomic E-state index is 12.5. The molecule has 4 nitrogen and oxygen atoms in total. The van der Waals surface area contributed by atoms with Gasteiger partial charge in [-0.1, -0.05) is 48.0 Å². The van der Waals surface area contributed by atoms with Crippen molar-refractivity contribution in [1.29, 1.82) is 0 Å². The lowest BCUT2D eigenvalue weighted by Gasteiger charge is -2.43. The van der Waals surface area contributed by atoms with Crippen LogP contribution in [0.5, 0.6) is 0 Å². The molecule has 2 aromatic carbocycles. The highest BCUT2D eigenvalue weighted by molar-refractivity contribution is 6.33. The van der Waals surface area contributed by atoms with E-state index in [2.05, 4.69) is 28.4 Å². The summed E-state index contributed by atoms with van der Waals surface area (Å²) in [5, 5.41) is 3.87. The molecule has 1 aliphatic carbocycles. The Bertz CT molecular complexity index is 892. The number of nitrogens with zero attached hydrogens (tertiary/aromatic N) is 1. The highest BCUT2D eigenvalue weighted by Crippen LogP contribution is 2.36. The fourth-order valence-corrected chi connectivity index (χ4v) is 5.23. The lowest BCUT2D eigenvalue weighted by Crippen LogP contribution is -2.52. The number of amides is 1. The van der Waals surface area contributed by atoms with Crippen molar-refractivity contribution in [2.75, 3.05) is 19.6 Å². The molecule has 2 atom stereocenters. The Labute approximate surface area is 170 Å². The number of aryl methyl sites for hydroxylation is 1. The summed E-state index contributed by atoms with van der Waals surface area (Å²) >= 11 is 6.35. The molecule has 4 aliphatic rings. The minimum atomic E-state index is -0.271. The summed E-state index contributed by atoms with van der Waals surface area (Å²) in [5.74, 6) is 0.532. The molecular formula is C23H25ClN2O2. The van der Waals surface area contributed by atoms with Crippen LogP contribution >= 0.6 is 11.6 Å². The number of carbonyl (C=O) groups excluding carboxylic acids is 1. The number of hydrogen-bond acceptors (Lipinski definition) is 3. The number of rotatable bonds is 3. The van der Waals surface area contributed by atoms with Gasteiger partial charge >= 0.3 is 6.09 Å². The van der Waals surface area contributed by atoms with Crippen LogP contribution in [0, 0.1) is 5.92 Å². The Balaban J connectivity index is 1.26. The van der Waals surface area contributed by atoms with Crippen LogP contribution in [0.25, 0.3) is 11.1 Å². The summed E-state index contributed by atoms with van der Waals surface area (Å²) < 4.78 is 5.80. The number of piperidine rings is 3. The molecule has 0 radical (unpaired) electrons. The molecule has 1 N–H and O–H groups in total. The van der Waals surface area contributed by atoms with Crippen LogP contribution in [-0.4, -0.2) is 36.7 Å². The fourth-order valence-electron chi connectivity index (χ4n) is 4.99. The molecule has 0 spiro atoms. The van der Waals surface area contributed by atoms with Crippen LogP contribution in [0.4, 0.5) is 4.79 Å². The predicted molar refractivity (Wildman–Crippen MR) is 111 cm³/mol. The van der Waals surface area contributed by atoms with Gasteiger partial charge in [0.1, 0.15) is 6.10 Å². The lowest BCUT2D eigenvalue weighted by atomic mass is 9.86. The van der Waals surface area contributed by atoms with Crippen molar-refractivity contribution in [3.8, 4) is 11.1 Å². The summed E-state index contributed by atoms with van der Waals surface area (Å²) in [6.07, 6.45) is 3.94. The zero-order valence-electron chi connectivity index (χ0n) is 15.9. The van der Waals surface area contributed by atoms with E-state index < -0.39 is 0 Å². The zero-order chi connectivity index (χ0) is 19.1. The van der Waals surface area contributed by atoms with Crippen LogP contribution in [-0.2, 0) is 11.2 Å². The minimum absolute atomic E-state index is 0.0314. The quantitative estimate of drug-likeness (QED) is 0.809. The summed E-state index contributed by atoms with van der Waals surface area (Å²) in [6.45, 7) is 3.19. The highest BCUT2D eigenvalue weighted by Gasteiger charge is 2.37. The first-order valence-corrected chi connectivity index (χ1v) is 10.6. The van der Waals surface area contributed by atoms with Crippen LogP contribution in [0.3, 0.4) is 0 Å². The van der Waals surface area contributed by atoms with Gasteiger partial charge in [0.25, 0.3) is 0 Å². The van der Waals surface area contributed by atoms with E-state index in [1.807, 2.05) is 24.3 Å². The van der Waals surface area contributed by atoms with E-state index >= 15 is 0 Å². The number of fused-ring (bicyclic) bond motifs is 4. The molecule has 2 aromatic rings. The maximum Gasteiger partial charge on any atom is 0.407 e. The second kappa shape index (κ2) is 7.41. The highest BCUT2D eigenvalue weighted by atomic mass is 35.5. The minimum Gasteiger partial charge on any atom is -0.445 e. The summed E-state index contributed by atoms with van der Waals surface area (Å²) in [5.41, 5.74) is 4.65. The average Bonchev–Trinajstić information content (AvgIpc) is 3.11.